The average Bonchev–Trinajstić information content (AvgIpc) is 2.29. The predicted molar refractivity (Wildman–Crippen MR) is 64.5 cm³/mol. The van der Waals surface area contributed by atoms with Crippen LogP contribution in [-0.4, -0.2) is 40.5 Å². The summed E-state index contributed by atoms with van der Waals surface area (Å²) in [5.41, 5.74) is 5.82. The topological polar surface area (TPSA) is 83.6 Å². The zero-order valence-corrected chi connectivity index (χ0v) is 10.4. The van der Waals surface area contributed by atoms with E-state index in [1.54, 1.807) is 0 Å². The van der Waals surface area contributed by atoms with Crippen molar-refractivity contribution in [2.75, 3.05) is 6.54 Å². The lowest BCUT2D eigenvalue weighted by atomic mass is 10.0. The highest BCUT2D eigenvalue weighted by molar-refractivity contribution is 5.84. The van der Waals surface area contributed by atoms with Crippen molar-refractivity contribution in [3.05, 3.63) is 0 Å². The molecular formula is C12H22N2O3. The number of hydrogen-bond acceptors (Lipinski definition) is 3. The van der Waals surface area contributed by atoms with E-state index in [2.05, 4.69) is 0 Å². The van der Waals surface area contributed by atoms with Gasteiger partial charge >= 0.3 is 5.97 Å². The Morgan fingerprint density at radius 2 is 2.18 bits per heavy atom. The Morgan fingerprint density at radius 3 is 2.76 bits per heavy atom. The van der Waals surface area contributed by atoms with E-state index in [9.17, 15) is 9.59 Å². The summed E-state index contributed by atoms with van der Waals surface area (Å²) in [4.78, 5) is 24.5. The first-order chi connectivity index (χ1) is 8.06. The van der Waals surface area contributed by atoms with E-state index in [0.717, 1.165) is 25.7 Å². The van der Waals surface area contributed by atoms with Crippen LogP contribution in [0.3, 0.4) is 0 Å². The molecule has 0 aromatic heterocycles. The molecule has 1 unspecified atom stereocenters. The zero-order chi connectivity index (χ0) is 12.8. The Labute approximate surface area is 102 Å². The highest BCUT2D eigenvalue weighted by atomic mass is 16.4. The van der Waals surface area contributed by atoms with Crippen molar-refractivity contribution >= 4 is 11.9 Å². The lowest BCUT2D eigenvalue weighted by Crippen LogP contribution is -2.49. The summed E-state index contributed by atoms with van der Waals surface area (Å²) in [6.45, 7) is 2.57. The number of amides is 1. The minimum Gasteiger partial charge on any atom is -0.480 e. The number of aliphatic carboxylic acids is 1. The molecule has 1 aliphatic heterocycles. The van der Waals surface area contributed by atoms with Gasteiger partial charge in [0.05, 0.1) is 0 Å². The van der Waals surface area contributed by atoms with Crippen LogP contribution in [0.15, 0.2) is 0 Å². The van der Waals surface area contributed by atoms with E-state index in [-0.39, 0.29) is 18.4 Å². The summed E-state index contributed by atoms with van der Waals surface area (Å²) in [6.07, 6.45) is 4.33. The highest BCUT2D eigenvalue weighted by Crippen LogP contribution is 2.18. The van der Waals surface area contributed by atoms with Crippen LogP contribution in [-0.2, 0) is 9.59 Å². The largest absolute Gasteiger partial charge is 0.480 e. The minimum atomic E-state index is -0.901. The Morgan fingerprint density at radius 1 is 1.47 bits per heavy atom. The number of likely N-dealkylation sites (tertiary alicyclic amines) is 1. The Hall–Kier alpha value is -1.10. The molecule has 0 aromatic carbocycles. The third-order valence-electron chi connectivity index (χ3n) is 3.20. The third kappa shape index (κ3) is 4.00. The summed E-state index contributed by atoms with van der Waals surface area (Å²) < 4.78 is 0. The summed E-state index contributed by atoms with van der Waals surface area (Å²) in [7, 11) is 0. The number of carboxylic acids is 1. The van der Waals surface area contributed by atoms with Gasteiger partial charge in [0.2, 0.25) is 5.91 Å². The third-order valence-corrected chi connectivity index (χ3v) is 3.20. The molecule has 5 nitrogen and oxygen atoms in total. The van der Waals surface area contributed by atoms with Crippen molar-refractivity contribution in [2.24, 2.45) is 5.73 Å². The van der Waals surface area contributed by atoms with E-state index < -0.39 is 12.0 Å². The first kappa shape index (κ1) is 14.0. The Bertz CT molecular complexity index is 281. The van der Waals surface area contributed by atoms with Crippen molar-refractivity contribution in [1.29, 1.82) is 0 Å². The Balaban J connectivity index is 2.56. The molecule has 1 heterocycles. The van der Waals surface area contributed by atoms with Gasteiger partial charge in [0, 0.05) is 19.0 Å². The normalized spacial score (nSPS) is 22.2. The van der Waals surface area contributed by atoms with Crippen LogP contribution in [0.25, 0.3) is 0 Å². The first-order valence-corrected chi connectivity index (χ1v) is 6.34. The molecule has 1 saturated heterocycles. The van der Waals surface area contributed by atoms with Gasteiger partial charge in [0.25, 0.3) is 0 Å². The molecule has 98 valence electrons. The van der Waals surface area contributed by atoms with Crippen LogP contribution in [0.4, 0.5) is 0 Å². The molecule has 1 rings (SSSR count). The molecule has 1 amide bonds. The molecule has 5 heteroatoms. The zero-order valence-electron chi connectivity index (χ0n) is 10.4. The van der Waals surface area contributed by atoms with Gasteiger partial charge in [-0.2, -0.15) is 0 Å². The fourth-order valence-corrected chi connectivity index (χ4v) is 2.30. The second-order valence-corrected chi connectivity index (χ2v) is 4.69. The molecule has 17 heavy (non-hydrogen) atoms. The standard InChI is InChI=1S/C12H22N2O3/c1-2-5-9(13)8-11(15)14-7-4-3-6-10(14)12(16)17/h9-10H,2-8,13H2,1H3,(H,16,17)/t9?,10-/m0/s1. The van der Waals surface area contributed by atoms with Gasteiger partial charge in [-0.15, -0.1) is 0 Å². The maximum atomic E-state index is 12.0. The molecule has 1 fully saturated rings. The number of rotatable bonds is 5. The number of carbonyl (C=O) groups is 2. The van der Waals surface area contributed by atoms with Gasteiger partial charge in [-0.25, -0.2) is 4.79 Å². The second-order valence-electron chi connectivity index (χ2n) is 4.69. The summed E-state index contributed by atoms with van der Waals surface area (Å²) in [5, 5.41) is 9.07. The minimum absolute atomic E-state index is 0.113. The molecule has 0 aromatic rings. The maximum Gasteiger partial charge on any atom is 0.326 e. The number of nitrogens with zero attached hydrogens (tertiary/aromatic N) is 1. The van der Waals surface area contributed by atoms with Crippen molar-refractivity contribution in [3.8, 4) is 0 Å². The fourth-order valence-electron chi connectivity index (χ4n) is 2.30. The van der Waals surface area contributed by atoms with Gasteiger partial charge in [0.1, 0.15) is 6.04 Å². The molecule has 0 aliphatic carbocycles. The monoisotopic (exact) mass is 242 g/mol. The number of carbonyl (C=O) groups excluding carboxylic acids is 1. The summed E-state index contributed by atoms with van der Waals surface area (Å²) >= 11 is 0. The van der Waals surface area contributed by atoms with Crippen LogP contribution >= 0.6 is 0 Å². The highest BCUT2D eigenvalue weighted by Gasteiger charge is 2.32. The predicted octanol–water partition coefficient (Wildman–Crippen LogP) is 0.970. The van der Waals surface area contributed by atoms with Crippen LogP contribution in [0.1, 0.15) is 45.4 Å². The van der Waals surface area contributed by atoms with Crippen molar-refractivity contribution in [2.45, 2.75) is 57.5 Å². The molecular weight excluding hydrogens is 220 g/mol. The van der Waals surface area contributed by atoms with E-state index in [1.807, 2.05) is 6.92 Å². The number of nitrogens with two attached hydrogens (primary N) is 1. The number of carboxylic acid groups (broad SMARTS) is 1. The SMILES string of the molecule is CCCC(N)CC(=O)N1CCCC[C@H]1C(=O)O. The smallest absolute Gasteiger partial charge is 0.326 e. The molecule has 0 bridgehead atoms. The van der Waals surface area contributed by atoms with Crippen molar-refractivity contribution in [1.82, 2.24) is 4.90 Å². The average molecular weight is 242 g/mol. The molecule has 3 N–H and O–H groups in total. The Kier molecular flexibility index (Phi) is 5.41. The lowest BCUT2D eigenvalue weighted by Gasteiger charge is -2.33. The van der Waals surface area contributed by atoms with E-state index in [1.165, 1.54) is 4.90 Å². The lowest BCUT2D eigenvalue weighted by molar-refractivity contribution is -0.152. The number of hydrogen-bond donors (Lipinski definition) is 2. The van der Waals surface area contributed by atoms with Gasteiger partial charge in [0.15, 0.2) is 0 Å². The van der Waals surface area contributed by atoms with Gasteiger partial charge < -0.3 is 15.7 Å². The second kappa shape index (κ2) is 6.59. The van der Waals surface area contributed by atoms with E-state index >= 15 is 0 Å². The molecule has 0 saturated carbocycles. The summed E-state index contributed by atoms with van der Waals surface area (Å²) in [5.74, 6) is -1.01. The van der Waals surface area contributed by atoms with Crippen LogP contribution < -0.4 is 5.73 Å². The van der Waals surface area contributed by atoms with Gasteiger partial charge in [-0.3, -0.25) is 4.79 Å². The quantitative estimate of drug-likeness (QED) is 0.752. The van der Waals surface area contributed by atoms with Crippen LogP contribution in [0.2, 0.25) is 0 Å². The molecule has 1 aliphatic rings. The van der Waals surface area contributed by atoms with Gasteiger partial charge in [-0.05, 0) is 25.7 Å². The van der Waals surface area contributed by atoms with E-state index in [4.69, 9.17) is 10.8 Å². The maximum absolute atomic E-state index is 12.0. The molecule has 0 radical (unpaired) electrons. The van der Waals surface area contributed by atoms with Crippen LogP contribution in [0.5, 0.6) is 0 Å². The molecule has 2 atom stereocenters. The van der Waals surface area contributed by atoms with Crippen molar-refractivity contribution in [3.63, 3.8) is 0 Å². The molecule has 0 spiro atoms. The summed E-state index contributed by atoms with van der Waals surface area (Å²) in [6, 6.07) is -0.797. The van der Waals surface area contributed by atoms with Crippen LogP contribution in [0, 0.1) is 0 Å². The fraction of sp³-hybridized carbons (Fsp3) is 0.833. The van der Waals surface area contributed by atoms with E-state index in [0.29, 0.717) is 13.0 Å². The van der Waals surface area contributed by atoms with Crippen molar-refractivity contribution < 1.29 is 14.7 Å². The van der Waals surface area contributed by atoms with Gasteiger partial charge in [-0.1, -0.05) is 13.3 Å². The number of piperidine rings is 1. The first-order valence-electron chi connectivity index (χ1n) is 6.34.